The lowest BCUT2D eigenvalue weighted by Crippen LogP contribution is -2.35. The molecule has 8 heteroatoms. The normalized spacial score (nSPS) is 11.0. The van der Waals surface area contributed by atoms with E-state index in [1.54, 1.807) is 6.92 Å². The van der Waals surface area contributed by atoms with E-state index in [-0.39, 0.29) is 23.5 Å². The minimum atomic E-state index is -3.74. The Bertz CT molecular complexity index is 670. The first-order valence-electron chi connectivity index (χ1n) is 6.53. The average molecular weight is 326 g/mol. The quantitative estimate of drug-likeness (QED) is 0.684. The lowest BCUT2D eigenvalue weighted by atomic mass is 10.2. The van der Waals surface area contributed by atoms with Crippen molar-refractivity contribution < 1.29 is 23.1 Å². The molecule has 0 heterocycles. The highest BCUT2D eigenvalue weighted by Crippen LogP contribution is 2.13. The van der Waals surface area contributed by atoms with Gasteiger partial charge in [-0.1, -0.05) is 12.1 Å². The second kappa shape index (κ2) is 7.71. The van der Waals surface area contributed by atoms with Crippen molar-refractivity contribution in [3.8, 4) is 0 Å². The number of carbonyl (C=O) groups is 2. The molecule has 0 atom stereocenters. The number of rotatable bonds is 8. The van der Waals surface area contributed by atoms with Gasteiger partial charge in [-0.25, -0.2) is 13.1 Å². The van der Waals surface area contributed by atoms with Crippen LogP contribution in [-0.2, 0) is 14.8 Å². The van der Waals surface area contributed by atoms with Crippen LogP contribution < -0.4 is 4.72 Å². The van der Waals surface area contributed by atoms with E-state index in [4.69, 9.17) is 5.11 Å². The van der Waals surface area contributed by atoms with Crippen LogP contribution in [0.4, 0.5) is 0 Å². The van der Waals surface area contributed by atoms with Crippen LogP contribution in [0.1, 0.15) is 17.3 Å². The summed E-state index contributed by atoms with van der Waals surface area (Å²) >= 11 is 0. The monoisotopic (exact) mass is 326 g/mol. The third kappa shape index (κ3) is 4.68. The fourth-order valence-corrected chi connectivity index (χ4v) is 2.77. The molecule has 22 heavy (non-hydrogen) atoms. The predicted octanol–water partition coefficient (Wildman–Crippen LogP) is 0.698. The van der Waals surface area contributed by atoms with Gasteiger partial charge in [-0.3, -0.25) is 9.59 Å². The molecule has 0 aliphatic carbocycles. The number of carboxylic acids is 1. The van der Waals surface area contributed by atoms with E-state index in [9.17, 15) is 18.0 Å². The van der Waals surface area contributed by atoms with Gasteiger partial charge in [-0.15, -0.1) is 6.58 Å². The molecule has 0 saturated carbocycles. The van der Waals surface area contributed by atoms with E-state index in [1.807, 2.05) is 0 Å². The second-order valence-electron chi connectivity index (χ2n) is 4.38. The van der Waals surface area contributed by atoms with Crippen molar-refractivity contribution in [3.05, 3.63) is 42.5 Å². The summed E-state index contributed by atoms with van der Waals surface area (Å²) in [4.78, 5) is 24.0. The summed E-state index contributed by atoms with van der Waals surface area (Å²) in [7, 11) is -3.74. The van der Waals surface area contributed by atoms with Gasteiger partial charge in [0.15, 0.2) is 0 Å². The van der Waals surface area contributed by atoms with Gasteiger partial charge in [0.1, 0.15) is 6.54 Å². The Balaban J connectivity index is 3.07. The first-order valence-corrected chi connectivity index (χ1v) is 8.01. The lowest BCUT2D eigenvalue weighted by molar-refractivity contribution is -0.137. The molecule has 120 valence electrons. The number of carbonyl (C=O) groups excluding carboxylic acids is 1. The highest BCUT2D eigenvalue weighted by Gasteiger charge is 2.19. The second-order valence-corrected chi connectivity index (χ2v) is 6.15. The summed E-state index contributed by atoms with van der Waals surface area (Å²) in [5.41, 5.74) is 0.115. The first kappa shape index (κ1) is 17.9. The van der Waals surface area contributed by atoms with Crippen molar-refractivity contribution in [2.24, 2.45) is 0 Å². The summed E-state index contributed by atoms with van der Waals surface area (Å²) in [5, 5.41) is 8.78. The first-order chi connectivity index (χ1) is 10.3. The minimum absolute atomic E-state index is 0.0634. The van der Waals surface area contributed by atoms with Gasteiger partial charge < -0.3 is 10.0 Å². The molecule has 1 rings (SSSR count). The maximum Gasteiger partial charge on any atom is 0.323 e. The van der Waals surface area contributed by atoms with Crippen molar-refractivity contribution in [2.75, 3.05) is 19.6 Å². The number of aliphatic carboxylic acids is 1. The number of sulfonamides is 1. The Morgan fingerprint density at radius 3 is 2.64 bits per heavy atom. The van der Waals surface area contributed by atoms with Crippen LogP contribution in [-0.4, -0.2) is 49.9 Å². The van der Waals surface area contributed by atoms with Crippen molar-refractivity contribution in [2.45, 2.75) is 11.8 Å². The molecule has 0 fully saturated rings. The average Bonchev–Trinajstić information content (AvgIpc) is 2.50. The Morgan fingerprint density at radius 2 is 2.09 bits per heavy atom. The maximum absolute atomic E-state index is 12.2. The molecular weight excluding hydrogens is 308 g/mol. The van der Waals surface area contributed by atoms with Gasteiger partial charge in [-0.2, -0.15) is 0 Å². The zero-order valence-electron chi connectivity index (χ0n) is 12.2. The number of likely N-dealkylation sites (N-methyl/N-ethyl adjacent to an activating group) is 1. The van der Waals surface area contributed by atoms with E-state index in [1.165, 1.54) is 30.3 Å². The smallest absolute Gasteiger partial charge is 0.323 e. The summed E-state index contributed by atoms with van der Waals surface area (Å²) in [6.07, 6.45) is 1.40. The Labute approximate surface area is 129 Å². The summed E-state index contributed by atoms with van der Waals surface area (Å²) in [6.45, 7) is 4.90. The summed E-state index contributed by atoms with van der Waals surface area (Å²) in [6, 6.07) is 5.46. The molecule has 0 spiro atoms. The zero-order valence-corrected chi connectivity index (χ0v) is 13.0. The molecule has 7 nitrogen and oxygen atoms in total. The SMILES string of the molecule is C=CCNS(=O)(=O)c1cccc(C(=O)N(CC)CC(=O)O)c1. The van der Waals surface area contributed by atoms with Gasteiger partial charge in [0.25, 0.3) is 5.91 Å². The molecule has 1 amide bonds. The van der Waals surface area contributed by atoms with Gasteiger partial charge in [0.05, 0.1) is 4.90 Å². The predicted molar refractivity (Wildman–Crippen MR) is 81.0 cm³/mol. The number of amides is 1. The van der Waals surface area contributed by atoms with Crippen LogP contribution >= 0.6 is 0 Å². The van der Waals surface area contributed by atoms with Crippen LogP contribution in [0.5, 0.6) is 0 Å². The third-order valence-electron chi connectivity index (χ3n) is 2.80. The molecule has 0 saturated heterocycles. The van der Waals surface area contributed by atoms with Gasteiger partial charge in [-0.05, 0) is 25.1 Å². The van der Waals surface area contributed by atoms with Gasteiger partial charge in [0.2, 0.25) is 10.0 Å². The van der Waals surface area contributed by atoms with Gasteiger partial charge in [0, 0.05) is 18.7 Å². The number of hydrogen-bond acceptors (Lipinski definition) is 4. The summed E-state index contributed by atoms with van der Waals surface area (Å²) in [5.74, 6) is -1.67. The van der Waals surface area contributed by atoms with Crippen molar-refractivity contribution in [3.63, 3.8) is 0 Å². The van der Waals surface area contributed by atoms with Crippen LogP contribution in [0.3, 0.4) is 0 Å². The zero-order chi connectivity index (χ0) is 16.8. The molecule has 0 radical (unpaired) electrons. The van der Waals surface area contributed by atoms with E-state index in [0.717, 1.165) is 4.90 Å². The Hall–Kier alpha value is -2.19. The highest BCUT2D eigenvalue weighted by atomic mass is 32.2. The van der Waals surface area contributed by atoms with Crippen LogP contribution in [0.2, 0.25) is 0 Å². The van der Waals surface area contributed by atoms with E-state index in [0.29, 0.717) is 0 Å². The van der Waals surface area contributed by atoms with Crippen LogP contribution in [0.25, 0.3) is 0 Å². The molecule has 0 unspecified atom stereocenters. The standard InChI is InChI=1S/C14H18N2O5S/c1-3-8-15-22(20,21)12-7-5-6-11(9-12)14(19)16(4-2)10-13(17)18/h3,5-7,9,15H,1,4,8,10H2,2H3,(H,17,18). The van der Waals surface area contributed by atoms with Crippen LogP contribution in [0.15, 0.2) is 41.8 Å². The largest absolute Gasteiger partial charge is 0.480 e. The van der Waals surface area contributed by atoms with Crippen molar-refractivity contribution in [1.82, 2.24) is 9.62 Å². The molecule has 1 aromatic rings. The molecule has 0 aromatic heterocycles. The highest BCUT2D eigenvalue weighted by molar-refractivity contribution is 7.89. The maximum atomic E-state index is 12.2. The molecular formula is C14H18N2O5S. The molecule has 0 aliphatic rings. The number of carboxylic acid groups (broad SMARTS) is 1. The number of hydrogen-bond donors (Lipinski definition) is 2. The van der Waals surface area contributed by atoms with E-state index in [2.05, 4.69) is 11.3 Å². The summed E-state index contributed by atoms with van der Waals surface area (Å²) < 4.78 is 26.3. The molecule has 1 aromatic carbocycles. The molecule has 0 bridgehead atoms. The molecule has 0 aliphatic heterocycles. The van der Waals surface area contributed by atoms with E-state index < -0.39 is 28.4 Å². The fraction of sp³-hybridized carbons (Fsp3) is 0.286. The van der Waals surface area contributed by atoms with Crippen LogP contribution in [0, 0.1) is 0 Å². The van der Waals surface area contributed by atoms with E-state index >= 15 is 0 Å². The van der Waals surface area contributed by atoms with Crippen molar-refractivity contribution in [1.29, 1.82) is 0 Å². The third-order valence-corrected chi connectivity index (χ3v) is 4.23. The Kier molecular flexibility index (Phi) is 6.26. The van der Waals surface area contributed by atoms with Crippen molar-refractivity contribution >= 4 is 21.9 Å². The Morgan fingerprint density at radius 1 is 1.41 bits per heavy atom. The fourth-order valence-electron chi connectivity index (χ4n) is 1.72. The van der Waals surface area contributed by atoms with Gasteiger partial charge >= 0.3 is 5.97 Å². The topological polar surface area (TPSA) is 104 Å². The number of nitrogens with one attached hydrogen (secondary N) is 1. The lowest BCUT2D eigenvalue weighted by Gasteiger charge is -2.18. The molecule has 2 N–H and O–H groups in total. The number of benzene rings is 1. The number of nitrogens with zero attached hydrogens (tertiary/aromatic N) is 1. The minimum Gasteiger partial charge on any atom is -0.480 e.